The van der Waals surface area contributed by atoms with Crippen molar-refractivity contribution in [1.29, 1.82) is 0 Å². The van der Waals surface area contributed by atoms with Crippen LogP contribution in [-0.4, -0.2) is 26.1 Å². The highest BCUT2D eigenvalue weighted by Gasteiger charge is 2.30. The van der Waals surface area contributed by atoms with E-state index >= 15 is 0 Å². The maximum atomic E-state index is 12.4. The zero-order chi connectivity index (χ0) is 12.9. The Balaban J connectivity index is 2.88. The molecule has 0 amide bonds. The fourth-order valence-electron chi connectivity index (χ4n) is 1.20. The lowest BCUT2D eigenvalue weighted by Crippen LogP contribution is -2.16. The lowest BCUT2D eigenvalue weighted by molar-refractivity contribution is -0.137. The molecular weight excluding hydrogens is 233 g/mol. The highest BCUT2D eigenvalue weighted by atomic mass is 19.4. The molecule has 2 N–H and O–H groups in total. The molecule has 94 valence electrons. The van der Waals surface area contributed by atoms with E-state index in [0.717, 1.165) is 12.1 Å². The number of rotatable bonds is 4. The van der Waals surface area contributed by atoms with Gasteiger partial charge in [-0.3, -0.25) is 4.99 Å². The second-order valence-corrected chi connectivity index (χ2v) is 3.34. The number of methoxy groups -OCH3 is 1. The Morgan fingerprint density at radius 2 is 2.12 bits per heavy atom. The molecule has 0 saturated heterocycles. The molecule has 0 spiro atoms. The van der Waals surface area contributed by atoms with Crippen molar-refractivity contribution >= 4 is 5.84 Å². The van der Waals surface area contributed by atoms with E-state index in [1.165, 1.54) is 19.2 Å². The fourth-order valence-corrected chi connectivity index (χ4v) is 1.20. The van der Waals surface area contributed by atoms with Crippen LogP contribution in [0.15, 0.2) is 29.3 Å². The summed E-state index contributed by atoms with van der Waals surface area (Å²) >= 11 is 0. The predicted octanol–water partition coefficient (Wildman–Crippen LogP) is 2.06. The molecule has 0 aliphatic carbocycles. The maximum absolute atomic E-state index is 12.4. The summed E-state index contributed by atoms with van der Waals surface area (Å²) < 4.78 is 42.1. The molecule has 17 heavy (non-hydrogen) atoms. The van der Waals surface area contributed by atoms with Crippen LogP contribution in [0.4, 0.5) is 13.2 Å². The molecule has 0 fully saturated rings. The van der Waals surface area contributed by atoms with Gasteiger partial charge in [0.1, 0.15) is 5.84 Å². The Hall–Kier alpha value is -1.56. The summed E-state index contributed by atoms with van der Waals surface area (Å²) in [5, 5.41) is 0. The van der Waals surface area contributed by atoms with Crippen LogP contribution < -0.4 is 5.73 Å². The number of amidine groups is 1. The summed E-state index contributed by atoms with van der Waals surface area (Å²) in [6.07, 6.45) is -4.37. The zero-order valence-corrected chi connectivity index (χ0v) is 9.29. The monoisotopic (exact) mass is 246 g/mol. The summed E-state index contributed by atoms with van der Waals surface area (Å²) in [6.45, 7) is 0.693. The van der Waals surface area contributed by atoms with Crippen molar-refractivity contribution in [1.82, 2.24) is 0 Å². The molecule has 1 aromatic carbocycles. The molecule has 0 aliphatic rings. The first-order chi connectivity index (χ1) is 7.95. The number of alkyl halides is 3. The van der Waals surface area contributed by atoms with Gasteiger partial charge >= 0.3 is 6.18 Å². The van der Waals surface area contributed by atoms with Crippen molar-refractivity contribution in [3.63, 3.8) is 0 Å². The SMILES string of the molecule is COCCN=C(N)c1cccc(C(F)(F)F)c1. The van der Waals surface area contributed by atoms with E-state index in [1.807, 2.05) is 0 Å². The lowest BCUT2D eigenvalue weighted by Gasteiger charge is -2.08. The van der Waals surface area contributed by atoms with Crippen molar-refractivity contribution < 1.29 is 17.9 Å². The minimum atomic E-state index is -4.37. The lowest BCUT2D eigenvalue weighted by atomic mass is 10.1. The van der Waals surface area contributed by atoms with E-state index in [4.69, 9.17) is 10.5 Å². The Labute approximate surface area is 97.1 Å². The van der Waals surface area contributed by atoms with Crippen LogP contribution in [0.2, 0.25) is 0 Å². The van der Waals surface area contributed by atoms with Gasteiger partial charge in [0.2, 0.25) is 0 Å². The second kappa shape index (κ2) is 5.67. The Morgan fingerprint density at radius 1 is 1.41 bits per heavy atom. The molecule has 0 aromatic heterocycles. The molecule has 0 heterocycles. The summed E-state index contributed by atoms with van der Waals surface area (Å²) in [7, 11) is 1.51. The van der Waals surface area contributed by atoms with Crippen molar-refractivity contribution in [3.8, 4) is 0 Å². The average molecular weight is 246 g/mol. The number of ether oxygens (including phenoxy) is 1. The molecule has 0 atom stereocenters. The van der Waals surface area contributed by atoms with Crippen LogP contribution in [0.25, 0.3) is 0 Å². The smallest absolute Gasteiger partial charge is 0.384 e. The van der Waals surface area contributed by atoms with E-state index in [0.29, 0.717) is 13.2 Å². The van der Waals surface area contributed by atoms with Crippen molar-refractivity contribution in [2.45, 2.75) is 6.18 Å². The molecule has 0 bridgehead atoms. The Kier molecular flexibility index (Phi) is 4.51. The molecule has 0 aliphatic heterocycles. The van der Waals surface area contributed by atoms with E-state index in [2.05, 4.69) is 4.99 Å². The van der Waals surface area contributed by atoms with Gasteiger partial charge in [-0.25, -0.2) is 0 Å². The van der Waals surface area contributed by atoms with E-state index in [1.54, 1.807) is 0 Å². The summed E-state index contributed by atoms with van der Waals surface area (Å²) in [5.41, 5.74) is 5.10. The number of benzene rings is 1. The van der Waals surface area contributed by atoms with Gasteiger partial charge in [-0.05, 0) is 12.1 Å². The van der Waals surface area contributed by atoms with Crippen LogP contribution in [-0.2, 0) is 10.9 Å². The first kappa shape index (κ1) is 13.5. The minimum Gasteiger partial charge on any atom is -0.384 e. The quantitative estimate of drug-likeness (QED) is 0.502. The van der Waals surface area contributed by atoms with Crippen LogP contribution in [0.1, 0.15) is 11.1 Å². The van der Waals surface area contributed by atoms with Crippen molar-refractivity contribution in [2.24, 2.45) is 10.7 Å². The van der Waals surface area contributed by atoms with Crippen LogP contribution in [0, 0.1) is 0 Å². The zero-order valence-electron chi connectivity index (χ0n) is 9.29. The van der Waals surface area contributed by atoms with Crippen LogP contribution >= 0.6 is 0 Å². The van der Waals surface area contributed by atoms with Gasteiger partial charge in [0.05, 0.1) is 18.7 Å². The van der Waals surface area contributed by atoms with Crippen LogP contribution in [0.5, 0.6) is 0 Å². The minimum absolute atomic E-state index is 0.0770. The molecule has 0 unspecified atom stereocenters. The predicted molar refractivity (Wildman–Crippen MR) is 58.9 cm³/mol. The van der Waals surface area contributed by atoms with E-state index in [9.17, 15) is 13.2 Å². The fraction of sp³-hybridized carbons (Fsp3) is 0.364. The summed E-state index contributed by atoms with van der Waals surface area (Å²) in [5.74, 6) is 0.0770. The standard InChI is InChI=1S/C11H13F3N2O/c1-17-6-5-16-10(15)8-3-2-4-9(7-8)11(12,13)14/h2-4,7H,5-6H2,1H3,(H2,15,16). The molecule has 6 heteroatoms. The summed E-state index contributed by atoms with van der Waals surface area (Å²) in [6, 6.07) is 4.76. The maximum Gasteiger partial charge on any atom is 0.416 e. The van der Waals surface area contributed by atoms with Gasteiger partial charge in [-0.1, -0.05) is 12.1 Å². The first-order valence-electron chi connectivity index (χ1n) is 4.91. The van der Waals surface area contributed by atoms with Crippen LogP contribution in [0.3, 0.4) is 0 Å². The molecule has 1 rings (SSSR count). The Morgan fingerprint density at radius 3 is 2.71 bits per heavy atom. The van der Waals surface area contributed by atoms with Gasteiger partial charge in [0.15, 0.2) is 0 Å². The molecular formula is C11H13F3N2O. The van der Waals surface area contributed by atoms with Gasteiger partial charge in [0.25, 0.3) is 0 Å². The first-order valence-corrected chi connectivity index (χ1v) is 4.91. The van der Waals surface area contributed by atoms with E-state index < -0.39 is 11.7 Å². The topological polar surface area (TPSA) is 47.6 Å². The largest absolute Gasteiger partial charge is 0.416 e. The molecule has 0 radical (unpaired) electrons. The third kappa shape index (κ3) is 4.07. The van der Waals surface area contributed by atoms with Crippen molar-refractivity contribution in [3.05, 3.63) is 35.4 Å². The third-order valence-corrected chi connectivity index (χ3v) is 2.06. The van der Waals surface area contributed by atoms with Gasteiger partial charge < -0.3 is 10.5 Å². The number of nitrogens with zero attached hydrogens (tertiary/aromatic N) is 1. The van der Waals surface area contributed by atoms with Gasteiger partial charge in [0, 0.05) is 12.7 Å². The average Bonchev–Trinajstić information content (AvgIpc) is 2.28. The third-order valence-electron chi connectivity index (χ3n) is 2.06. The molecule has 1 aromatic rings. The normalized spacial score (nSPS) is 12.8. The number of nitrogens with two attached hydrogens (primary N) is 1. The van der Waals surface area contributed by atoms with Crippen molar-refractivity contribution in [2.75, 3.05) is 20.3 Å². The summed E-state index contributed by atoms with van der Waals surface area (Å²) in [4.78, 5) is 3.91. The van der Waals surface area contributed by atoms with E-state index in [-0.39, 0.29) is 11.4 Å². The number of hydrogen-bond donors (Lipinski definition) is 1. The highest BCUT2D eigenvalue weighted by molar-refractivity contribution is 5.97. The number of aliphatic imine (C=N–C) groups is 1. The van der Waals surface area contributed by atoms with Gasteiger partial charge in [-0.15, -0.1) is 0 Å². The highest BCUT2D eigenvalue weighted by Crippen LogP contribution is 2.29. The molecule has 0 saturated carbocycles. The van der Waals surface area contributed by atoms with Gasteiger partial charge in [-0.2, -0.15) is 13.2 Å². The number of halogens is 3. The molecule has 3 nitrogen and oxygen atoms in total. The second-order valence-electron chi connectivity index (χ2n) is 3.34. The number of hydrogen-bond acceptors (Lipinski definition) is 2. The Bertz CT molecular complexity index is 402.